The molecule has 2 aliphatic rings. The van der Waals surface area contributed by atoms with Gasteiger partial charge in [-0.2, -0.15) is 0 Å². The largest absolute Gasteiger partial charge is 0.545 e. The molecule has 0 saturated carbocycles. The van der Waals surface area contributed by atoms with E-state index in [2.05, 4.69) is 0 Å². The molecule has 2 heterocycles. The van der Waals surface area contributed by atoms with E-state index in [1.54, 1.807) is 0 Å². The lowest BCUT2D eigenvalue weighted by Crippen LogP contribution is -3.15. The number of rotatable bonds is 5. The molecule has 2 aliphatic heterocycles. The van der Waals surface area contributed by atoms with Crippen molar-refractivity contribution in [2.45, 2.75) is 12.5 Å². The lowest BCUT2D eigenvalue weighted by molar-refractivity contribution is -0.904. The molecule has 134 valence electrons. The van der Waals surface area contributed by atoms with Crippen LogP contribution in [0.3, 0.4) is 0 Å². The number of aliphatic hydroxyl groups excluding tert-OH is 1. The zero-order chi connectivity index (χ0) is 18.0. The van der Waals surface area contributed by atoms with Crippen molar-refractivity contribution in [3.05, 3.63) is 29.8 Å². The fourth-order valence-corrected chi connectivity index (χ4v) is 3.48. The highest BCUT2D eigenvalue weighted by atomic mass is 16.4. The second-order valence-electron chi connectivity index (χ2n) is 6.38. The Morgan fingerprint density at radius 3 is 2.40 bits per heavy atom. The van der Waals surface area contributed by atoms with Crippen LogP contribution < -0.4 is 14.9 Å². The highest BCUT2D eigenvalue weighted by molar-refractivity contribution is 6.22. The molecule has 2 fully saturated rings. The summed E-state index contributed by atoms with van der Waals surface area (Å²) in [5, 5.41) is 19.8. The average molecular weight is 347 g/mol. The number of hydrogen-bond donors (Lipinski definition) is 2. The predicted molar refractivity (Wildman–Crippen MR) is 85.9 cm³/mol. The van der Waals surface area contributed by atoms with Gasteiger partial charge >= 0.3 is 0 Å². The molecule has 25 heavy (non-hydrogen) atoms. The highest BCUT2D eigenvalue weighted by Crippen LogP contribution is 2.26. The summed E-state index contributed by atoms with van der Waals surface area (Å²) in [7, 11) is 0. The number of piperazine rings is 1. The van der Waals surface area contributed by atoms with Crippen molar-refractivity contribution in [3.63, 3.8) is 0 Å². The summed E-state index contributed by atoms with van der Waals surface area (Å²) in [6, 6.07) is 5.09. The van der Waals surface area contributed by atoms with E-state index < -0.39 is 12.0 Å². The quantitative estimate of drug-likeness (QED) is 0.546. The Morgan fingerprint density at radius 2 is 1.84 bits per heavy atom. The minimum Gasteiger partial charge on any atom is -0.545 e. The number of amides is 2. The first-order chi connectivity index (χ1) is 12.0. The number of carbonyl (C=O) groups is 3. The standard InChI is InChI=1S/C17H21N3O5/c21-10-9-18-5-7-19(8-6-18)14-11-15(22)20(16(14)23)13-3-1-12(2-4-13)17(24)25/h1-4,14,21H,5-11H2,(H,24,25). The molecule has 0 aromatic heterocycles. The van der Waals surface area contributed by atoms with Gasteiger partial charge in [-0.3, -0.25) is 14.5 Å². The van der Waals surface area contributed by atoms with Crippen LogP contribution in [0, 0.1) is 0 Å². The maximum atomic E-state index is 12.7. The molecule has 1 aromatic rings. The van der Waals surface area contributed by atoms with Crippen molar-refractivity contribution >= 4 is 23.5 Å². The third-order valence-electron chi connectivity index (χ3n) is 4.90. The van der Waals surface area contributed by atoms with Crippen molar-refractivity contribution in [3.8, 4) is 0 Å². The number of carboxylic acids is 1. The van der Waals surface area contributed by atoms with Crippen LogP contribution in [0.25, 0.3) is 0 Å². The minimum absolute atomic E-state index is 0.00220. The summed E-state index contributed by atoms with van der Waals surface area (Å²) in [6.07, 6.45) is 0.135. The lowest BCUT2D eigenvalue weighted by atomic mass is 10.1. The van der Waals surface area contributed by atoms with E-state index in [4.69, 9.17) is 5.11 Å². The molecule has 0 aliphatic carbocycles. The number of nitrogens with zero attached hydrogens (tertiary/aromatic N) is 2. The molecule has 2 N–H and O–H groups in total. The van der Waals surface area contributed by atoms with Crippen LogP contribution in [0.1, 0.15) is 16.8 Å². The molecule has 2 amide bonds. The Balaban J connectivity index is 1.69. The van der Waals surface area contributed by atoms with Gasteiger partial charge in [0, 0.05) is 13.1 Å². The van der Waals surface area contributed by atoms with E-state index in [-0.39, 0.29) is 30.4 Å². The summed E-state index contributed by atoms with van der Waals surface area (Å²) in [5.74, 6) is -1.84. The topological polar surface area (TPSA) is 105 Å². The van der Waals surface area contributed by atoms with E-state index in [0.717, 1.165) is 18.0 Å². The first-order valence-corrected chi connectivity index (χ1v) is 8.38. The van der Waals surface area contributed by atoms with E-state index in [1.165, 1.54) is 29.2 Å². The maximum absolute atomic E-state index is 12.7. The first kappa shape index (κ1) is 17.5. The minimum atomic E-state index is -1.30. The van der Waals surface area contributed by atoms with E-state index >= 15 is 0 Å². The molecular formula is C17H21N3O5. The molecule has 2 saturated heterocycles. The first-order valence-electron chi connectivity index (χ1n) is 8.38. The molecule has 0 bridgehead atoms. The summed E-state index contributed by atoms with van der Waals surface area (Å²) < 4.78 is 0. The summed E-state index contributed by atoms with van der Waals surface area (Å²) >= 11 is 0. The molecule has 3 rings (SSSR count). The fourth-order valence-electron chi connectivity index (χ4n) is 3.48. The molecule has 1 atom stereocenters. The van der Waals surface area contributed by atoms with Gasteiger partial charge in [-0.15, -0.1) is 0 Å². The molecule has 1 aromatic carbocycles. The van der Waals surface area contributed by atoms with Crippen LogP contribution in [-0.2, 0) is 9.59 Å². The van der Waals surface area contributed by atoms with Crippen molar-refractivity contribution in [1.29, 1.82) is 0 Å². The highest BCUT2D eigenvalue weighted by Gasteiger charge is 2.43. The van der Waals surface area contributed by atoms with Crippen molar-refractivity contribution < 1.29 is 29.5 Å². The smallest absolute Gasteiger partial charge is 0.251 e. The number of carbonyl (C=O) groups excluding carboxylic acids is 3. The maximum Gasteiger partial charge on any atom is 0.251 e. The number of imide groups is 1. The average Bonchev–Trinajstić information content (AvgIpc) is 2.90. The van der Waals surface area contributed by atoms with Crippen LogP contribution in [0.4, 0.5) is 5.69 Å². The van der Waals surface area contributed by atoms with Crippen LogP contribution in [0.2, 0.25) is 0 Å². The number of aromatic carboxylic acids is 1. The zero-order valence-electron chi connectivity index (χ0n) is 13.8. The summed E-state index contributed by atoms with van der Waals surface area (Å²) in [4.78, 5) is 40.3. The van der Waals surface area contributed by atoms with Crippen LogP contribution in [-0.4, -0.2) is 73.2 Å². The second-order valence-corrected chi connectivity index (χ2v) is 6.38. The second kappa shape index (κ2) is 7.30. The molecule has 8 nitrogen and oxygen atoms in total. The van der Waals surface area contributed by atoms with Gasteiger partial charge in [0.05, 0.1) is 43.8 Å². The number of nitrogens with one attached hydrogen (secondary N) is 1. The van der Waals surface area contributed by atoms with Gasteiger partial charge in [0.25, 0.3) is 5.91 Å². The lowest BCUT2D eigenvalue weighted by Gasteiger charge is -2.34. The van der Waals surface area contributed by atoms with Gasteiger partial charge in [-0.25, -0.2) is 4.90 Å². The van der Waals surface area contributed by atoms with Crippen molar-refractivity contribution in [1.82, 2.24) is 4.90 Å². The third kappa shape index (κ3) is 3.55. The molecule has 8 heteroatoms. The van der Waals surface area contributed by atoms with E-state index in [9.17, 15) is 19.5 Å². The Kier molecular flexibility index (Phi) is 5.12. The van der Waals surface area contributed by atoms with Crippen LogP contribution >= 0.6 is 0 Å². The fraction of sp³-hybridized carbons (Fsp3) is 0.471. The van der Waals surface area contributed by atoms with Gasteiger partial charge in [0.2, 0.25) is 5.91 Å². The summed E-state index contributed by atoms with van der Waals surface area (Å²) in [6.45, 7) is 3.92. The molecule has 1 unspecified atom stereocenters. The van der Waals surface area contributed by atoms with Gasteiger partial charge in [0.15, 0.2) is 0 Å². The Labute approximate surface area is 145 Å². The number of aliphatic hydroxyl groups is 1. The van der Waals surface area contributed by atoms with Gasteiger partial charge < -0.3 is 19.9 Å². The third-order valence-corrected chi connectivity index (χ3v) is 4.90. The normalized spacial score (nSPS) is 22.6. The molecule has 0 spiro atoms. The van der Waals surface area contributed by atoms with Crippen molar-refractivity contribution in [2.75, 3.05) is 44.2 Å². The Hall–Kier alpha value is -2.29. The SMILES string of the molecule is O=C([O-])c1ccc(N2C(=O)CC(N3CC[NH+](CCO)CC3)C2=O)cc1. The molecular weight excluding hydrogens is 326 g/mol. The van der Waals surface area contributed by atoms with Crippen molar-refractivity contribution in [2.24, 2.45) is 0 Å². The number of hydrogen-bond acceptors (Lipinski definition) is 6. The van der Waals surface area contributed by atoms with Gasteiger partial charge in [-0.05, 0) is 17.7 Å². The number of carboxylic acid groups (broad SMARTS) is 1. The monoisotopic (exact) mass is 347 g/mol. The number of quaternary nitrogens is 1. The van der Waals surface area contributed by atoms with Crippen LogP contribution in [0.15, 0.2) is 24.3 Å². The number of benzene rings is 1. The predicted octanol–water partition coefficient (Wildman–Crippen LogP) is -3.13. The van der Waals surface area contributed by atoms with Gasteiger partial charge in [0.1, 0.15) is 6.54 Å². The Morgan fingerprint density at radius 1 is 1.20 bits per heavy atom. The van der Waals surface area contributed by atoms with E-state index in [0.29, 0.717) is 25.3 Å². The number of anilines is 1. The van der Waals surface area contributed by atoms with Crippen LogP contribution in [0.5, 0.6) is 0 Å². The summed E-state index contributed by atoms with van der Waals surface area (Å²) in [5.41, 5.74) is 0.384. The van der Waals surface area contributed by atoms with E-state index in [1.807, 2.05) is 4.90 Å². The molecule has 0 radical (unpaired) electrons. The zero-order valence-corrected chi connectivity index (χ0v) is 13.8. The van der Waals surface area contributed by atoms with Gasteiger partial charge in [-0.1, -0.05) is 12.1 Å². The Bertz CT molecular complexity index is 667.